The van der Waals surface area contributed by atoms with Crippen molar-refractivity contribution in [3.63, 3.8) is 0 Å². The fourth-order valence-electron chi connectivity index (χ4n) is 1.21. The number of halogens is 1. The third kappa shape index (κ3) is 1.82. The van der Waals surface area contributed by atoms with Crippen LogP contribution in [0.15, 0.2) is 5.38 Å². The number of hydrogen-bond acceptors (Lipinski definition) is 2. The molecule has 3 heteroatoms. The van der Waals surface area contributed by atoms with Gasteiger partial charge < -0.3 is 5.32 Å². The Bertz CT molecular complexity index is 253. The van der Waals surface area contributed by atoms with Gasteiger partial charge in [-0.15, -0.1) is 11.3 Å². The molecule has 1 nitrogen and oxygen atoms in total. The molecule has 0 spiro atoms. The normalized spacial score (nSPS) is 13.3. The summed E-state index contributed by atoms with van der Waals surface area (Å²) in [5, 5.41) is 6.29. The maximum atomic E-state index is 6.13. The van der Waals surface area contributed by atoms with Gasteiger partial charge in [-0.25, -0.2) is 0 Å². The standard InChI is InChI=1S/C9H14ClNS/c1-4-7(11-3)9-8(10)6(2)5-12-9/h5,7,11H,4H2,1-3H3. The van der Waals surface area contributed by atoms with Crippen molar-refractivity contribution < 1.29 is 0 Å². The molecule has 0 aliphatic rings. The van der Waals surface area contributed by atoms with E-state index in [9.17, 15) is 0 Å². The molecule has 0 saturated heterocycles. The summed E-state index contributed by atoms with van der Waals surface area (Å²) in [6.07, 6.45) is 1.08. The first-order chi connectivity index (χ1) is 5.70. The summed E-state index contributed by atoms with van der Waals surface area (Å²) >= 11 is 7.87. The molecule has 1 N–H and O–H groups in total. The van der Waals surface area contributed by atoms with Crippen molar-refractivity contribution in [3.8, 4) is 0 Å². The molecule has 1 atom stereocenters. The van der Waals surface area contributed by atoms with Crippen LogP contribution in [0.3, 0.4) is 0 Å². The minimum absolute atomic E-state index is 0.413. The van der Waals surface area contributed by atoms with Gasteiger partial charge in [0, 0.05) is 10.9 Å². The molecule has 0 fully saturated rings. The van der Waals surface area contributed by atoms with Crippen molar-refractivity contribution in [2.45, 2.75) is 26.3 Å². The topological polar surface area (TPSA) is 12.0 Å². The van der Waals surface area contributed by atoms with Gasteiger partial charge in [0.15, 0.2) is 0 Å². The summed E-state index contributed by atoms with van der Waals surface area (Å²) < 4.78 is 0. The fraction of sp³-hybridized carbons (Fsp3) is 0.556. The Hall–Kier alpha value is -0.0500. The van der Waals surface area contributed by atoms with E-state index < -0.39 is 0 Å². The van der Waals surface area contributed by atoms with E-state index in [-0.39, 0.29) is 0 Å². The molecule has 0 saturated carbocycles. The smallest absolute Gasteiger partial charge is 0.0590 e. The van der Waals surface area contributed by atoms with Gasteiger partial charge in [0.1, 0.15) is 0 Å². The highest BCUT2D eigenvalue weighted by atomic mass is 35.5. The number of aryl methyl sites for hydroxylation is 1. The molecular weight excluding hydrogens is 190 g/mol. The molecular formula is C9H14ClNS. The average Bonchev–Trinajstić information content (AvgIpc) is 2.38. The van der Waals surface area contributed by atoms with Crippen LogP contribution in [0, 0.1) is 6.92 Å². The van der Waals surface area contributed by atoms with Crippen molar-refractivity contribution >= 4 is 22.9 Å². The van der Waals surface area contributed by atoms with Gasteiger partial charge in [-0.2, -0.15) is 0 Å². The summed E-state index contributed by atoms with van der Waals surface area (Å²) in [4.78, 5) is 1.26. The van der Waals surface area contributed by atoms with Crippen LogP contribution in [0.2, 0.25) is 5.02 Å². The Balaban J connectivity index is 2.93. The largest absolute Gasteiger partial charge is 0.312 e. The highest BCUT2D eigenvalue weighted by Crippen LogP contribution is 2.33. The molecule has 0 bridgehead atoms. The Kier molecular flexibility index (Phi) is 3.56. The van der Waals surface area contributed by atoms with Gasteiger partial charge in [-0.1, -0.05) is 18.5 Å². The van der Waals surface area contributed by atoms with Gasteiger partial charge in [0.05, 0.1) is 5.02 Å². The third-order valence-electron chi connectivity index (χ3n) is 2.00. The van der Waals surface area contributed by atoms with Crippen LogP contribution in [-0.2, 0) is 0 Å². The second-order valence-corrected chi connectivity index (χ2v) is 4.14. The van der Waals surface area contributed by atoms with E-state index in [1.165, 1.54) is 10.4 Å². The molecule has 0 radical (unpaired) electrons. The lowest BCUT2D eigenvalue weighted by atomic mass is 10.2. The van der Waals surface area contributed by atoms with Crippen molar-refractivity contribution in [2.24, 2.45) is 0 Å². The van der Waals surface area contributed by atoms with Gasteiger partial charge in [0.2, 0.25) is 0 Å². The van der Waals surface area contributed by atoms with Gasteiger partial charge >= 0.3 is 0 Å². The van der Waals surface area contributed by atoms with Crippen LogP contribution in [-0.4, -0.2) is 7.05 Å². The number of thiophene rings is 1. The van der Waals surface area contributed by atoms with Gasteiger partial charge in [-0.3, -0.25) is 0 Å². The van der Waals surface area contributed by atoms with Gasteiger partial charge in [-0.05, 0) is 31.3 Å². The second-order valence-electron chi connectivity index (χ2n) is 2.85. The minimum Gasteiger partial charge on any atom is -0.312 e. The first-order valence-electron chi connectivity index (χ1n) is 4.11. The summed E-state index contributed by atoms with van der Waals surface area (Å²) in [6.45, 7) is 4.21. The SMILES string of the molecule is CCC(NC)c1scc(C)c1Cl. The highest BCUT2D eigenvalue weighted by Gasteiger charge is 2.13. The Morgan fingerprint density at radius 2 is 2.33 bits per heavy atom. The summed E-state index contributed by atoms with van der Waals surface area (Å²) in [7, 11) is 1.97. The van der Waals surface area contributed by atoms with Crippen molar-refractivity contribution in [2.75, 3.05) is 7.05 Å². The maximum Gasteiger partial charge on any atom is 0.0590 e. The van der Waals surface area contributed by atoms with E-state index in [1.807, 2.05) is 14.0 Å². The van der Waals surface area contributed by atoms with Crippen LogP contribution in [0.5, 0.6) is 0 Å². The molecule has 68 valence electrons. The molecule has 1 aromatic rings. The van der Waals surface area contributed by atoms with E-state index in [4.69, 9.17) is 11.6 Å². The summed E-state index contributed by atoms with van der Waals surface area (Å²) in [6, 6.07) is 0.413. The number of rotatable bonds is 3. The first-order valence-corrected chi connectivity index (χ1v) is 5.37. The van der Waals surface area contributed by atoms with Crippen LogP contribution in [0.1, 0.15) is 29.8 Å². The van der Waals surface area contributed by atoms with E-state index in [0.717, 1.165) is 11.4 Å². The molecule has 1 aromatic heterocycles. The molecule has 0 aliphatic heterocycles. The third-order valence-corrected chi connectivity index (χ3v) is 3.83. The predicted molar refractivity (Wildman–Crippen MR) is 56.2 cm³/mol. The zero-order valence-corrected chi connectivity index (χ0v) is 9.22. The van der Waals surface area contributed by atoms with E-state index >= 15 is 0 Å². The zero-order chi connectivity index (χ0) is 9.14. The highest BCUT2D eigenvalue weighted by molar-refractivity contribution is 7.10. The Labute approximate surface area is 82.7 Å². The Morgan fingerprint density at radius 3 is 2.67 bits per heavy atom. The second kappa shape index (κ2) is 4.26. The monoisotopic (exact) mass is 203 g/mol. The molecule has 0 aromatic carbocycles. The van der Waals surface area contributed by atoms with Crippen LogP contribution in [0.4, 0.5) is 0 Å². The van der Waals surface area contributed by atoms with Crippen molar-refractivity contribution in [1.29, 1.82) is 0 Å². The summed E-state index contributed by atoms with van der Waals surface area (Å²) in [5.41, 5.74) is 1.19. The van der Waals surface area contributed by atoms with E-state index in [2.05, 4.69) is 17.6 Å². The first kappa shape index (κ1) is 10.0. The van der Waals surface area contributed by atoms with Crippen LogP contribution < -0.4 is 5.32 Å². The van der Waals surface area contributed by atoms with Crippen molar-refractivity contribution in [1.82, 2.24) is 5.32 Å². The van der Waals surface area contributed by atoms with Crippen LogP contribution in [0.25, 0.3) is 0 Å². The fourth-order valence-corrected chi connectivity index (χ4v) is 2.72. The Morgan fingerprint density at radius 1 is 1.67 bits per heavy atom. The minimum atomic E-state index is 0.413. The quantitative estimate of drug-likeness (QED) is 0.795. The molecule has 1 heterocycles. The molecule has 0 aliphatic carbocycles. The maximum absolute atomic E-state index is 6.13. The zero-order valence-electron chi connectivity index (χ0n) is 7.65. The lowest BCUT2D eigenvalue weighted by molar-refractivity contribution is 0.586. The van der Waals surface area contributed by atoms with E-state index in [1.54, 1.807) is 11.3 Å². The van der Waals surface area contributed by atoms with Gasteiger partial charge in [0.25, 0.3) is 0 Å². The van der Waals surface area contributed by atoms with Crippen molar-refractivity contribution in [3.05, 3.63) is 20.8 Å². The lowest BCUT2D eigenvalue weighted by Gasteiger charge is -2.11. The van der Waals surface area contributed by atoms with E-state index in [0.29, 0.717) is 6.04 Å². The number of hydrogen-bond donors (Lipinski definition) is 1. The predicted octanol–water partition coefficient (Wildman–Crippen LogP) is 3.38. The lowest BCUT2D eigenvalue weighted by Crippen LogP contribution is -2.14. The molecule has 0 amide bonds. The molecule has 12 heavy (non-hydrogen) atoms. The average molecular weight is 204 g/mol. The molecule has 1 rings (SSSR count). The summed E-state index contributed by atoms with van der Waals surface area (Å²) in [5.74, 6) is 0. The number of nitrogens with one attached hydrogen (secondary N) is 1. The molecule has 1 unspecified atom stereocenters. The van der Waals surface area contributed by atoms with Crippen LogP contribution >= 0.6 is 22.9 Å².